The maximum absolute atomic E-state index is 12.4. The molecule has 6 heteroatoms. The number of imide groups is 1. The molecule has 1 saturated heterocycles. The molecular weight excluding hydrogens is 376 g/mol. The largest absolute Gasteiger partial charge is 0.382 e. The molecule has 1 N–H and O–H groups in total. The van der Waals surface area contributed by atoms with Crippen LogP contribution in [0.4, 0.5) is 5.69 Å². The Morgan fingerprint density at radius 3 is 2.27 bits per heavy atom. The van der Waals surface area contributed by atoms with Gasteiger partial charge in [-0.05, 0) is 62.6 Å². The molecule has 0 unspecified atom stereocenters. The van der Waals surface area contributed by atoms with Crippen molar-refractivity contribution in [1.29, 1.82) is 5.26 Å². The van der Waals surface area contributed by atoms with E-state index in [0.717, 1.165) is 51.0 Å². The minimum Gasteiger partial charge on any atom is -0.382 e. The van der Waals surface area contributed by atoms with Crippen molar-refractivity contribution in [3.8, 4) is 6.07 Å². The fourth-order valence-corrected chi connectivity index (χ4v) is 4.26. The summed E-state index contributed by atoms with van der Waals surface area (Å²) in [5.74, 6) is -0.328. The van der Waals surface area contributed by atoms with Crippen molar-refractivity contribution >= 4 is 17.5 Å². The highest BCUT2D eigenvalue weighted by atomic mass is 16.2. The number of carbonyl (C=O) groups is 2. The number of nitrogens with zero attached hydrogens (tertiary/aromatic N) is 3. The molecule has 30 heavy (non-hydrogen) atoms. The smallest absolute Gasteiger partial charge is 0.261 e. The van der Waals surface area contributed by atoms with E-state index in [1.807, 2.05) is 24.3 Å². The lowest BCUT2D eigenvalue weighted by Gasteiger charge is -2.33. The van der Waals surface area contributed by atoms with Gasteiger partial charge in [-0.25, -0.2) is 0 Å². The number of hydrogen-bond acceptors (Lipinski definition) is 5. The Morgan fingerprint density at radius 1 is 0.933 bits per heavy atom. The molecule has 1 fully saturated rings. The van der Waals surface area contributed by atoms with Crippen LogP contribution < -0.4 is 5.32 Å². The van der Waals surface area contributed by atoms with Crippen LogP contribution in [0.1, 0.15) is 52.0 Å². The molecule has 2 aliphatic rings. The van der Waals surface area contributed by atoms with Gasteiger partial charge < -0.3 is 10.2 Å². The van der Waals surface area contributed by atoms with E-state index in [-0.39, 0.29) is 11.8 Å². The van der Waals surface area contributed by atoms with Crippen LogP contribution in [-0.4, -0.2) is 53.8 Å². The number of nitriles is 1. The molecule has 2 aromatic carbocycles. The van der Waals surface area contributed by atoms with Crippen LogP contribution >= 0.6 is 0 Å². The highest BCUT2D eigenvalue weighted by Crippen LogP contribution is 2.23. The van der Waals surface area contributed by atoms with Crippen LogP contribution in [0.3, 0.4) is 0 Å². The summed E-state index contributed by atoms with van der Waals surface area (Å²) < 4.78 is 0. The molecule has 0 aromatic heterocycles. The van der Waals surface area contributed by atoms with Gasteiger partial charge in [-0.1, -0.05) is 18.2 Å². The Morgan fingerprint density at radius 2 is 1.60 bits per heavy atom. The average Bonchev–Trinajstić information content (AvgIpc) is 3.03. The van der Waals surface area contributed by atoms with Crippen LogP contribution in [0.25, 0.3) is 0 Å². The Hall–Kier alpha value is -3.17. The van der Waals surface area contributed by atoms with E-state index < -0.39 is 0 Å². The zero-order valence-electron chi connectivity index (χ0n) is 17.0. The molecule has 2 aromatic rings. The normalized spacial score (nSPS) is 17.1. The van der Waals surface area contributed by atoms with Crippen molar-refractivity contribution in [3.63, 3.8) is 0 Å². The first kappa shape index (κ1) is 20.1. The maximum atomic E-state index is 12.4. The lowest BCUT2D eigenvalue weighted by Crippen LogP contribution is -2.39. The minimum absolute atomic E-state index is 0.164. The van der Waals surface area contributed by atoms with Crippen molar-refractivity contribution in [1.82, 2.24) is 9.80 Å². The monoisotopic (exact) mass is 402 g/mol. The topological polar surface area (TPSA) is 76.4 Å². The lowest BCUT2D eigenvalue weighted by atomic mass is 10.0. The van der Waals surface area contributed by atoms with Gasteiger partial charge in [-0.3, -0.25) is 14.5 Å². The summed E-state index contributed by atoms with van der Waals surface area (Å²) >= 11 is 0. The van der Waals surface area contributed by atoms with Gasteiger partial charge in [-0.2, -0.15) is 5.26 Å². The number of carbonyl (C=O) groups excluding carboxylic acids is 2. The number of likely N-dealkylation sites (tertiary alicyclic amines) is 1. The Balaban J connectivity index is 1.17. The fraction of sp³-hybridized carbons (Fsp3) is 0.375. The summed E-state index contributed by atoms with van der Waals surface area (Å²) in [6.07, 6.45) is 3.92. The van der Waals surface area contributed by atoms with Gasteiger partial charge >= 0.3 is 0 Å². The maximum Gasteiger partial charge on any atom is 0.261 e. The molecule has 0 saturated carbocycles. The molecule has 2 amide bonds. The van der Waals surface area contributed by atoms with E-state index in [2.05, 4.69) is 16.3 Å². The number of fused-ring (bicyclic) bond motifs is 1. The van der Waals surface area contributed by atoms with Gasteiger partial charge in [0.2, 0.25) is 0 Å². The van der Waals surface area contributed by atoms with E-state index in [1.54, 1.807) is 24.3 Å². The van der Waals surface area contributed by atoms with Gasteiger partial charge in [-0.15, -0.1) is 0 Å². The number of piperidine rings is 1. The van der Waals surface area contributed by atoms with Crippen LogP contribution in [-0.2, 0) is 0 Å². The quantitative estimate of drug-likeness (QED) is 0.567. The molecule has 6 nitrogen and oxygen atoms in total. The summed E-state index contributed by atoms with van der Waals surface area (Å²) in [6.45, 7) is 3.53. The summed E-state index contributed by atoms with van der Waals surface area (Å²) in [5, 5.41) is 12.6. The Kier molecular flexibility index (Phi) is 6.10. The van der Waals surface area contributed by atoms with E-state index in [9.17, 15) is 9.59 Å². The van der Waals surface area contributed by atoms with Gasteiger partial charge in [0.05, 0.1) is 22.8 Å². The van der Waals surface area contributed by atoms with Gasteiger partial charge in [0.25, 0.3) is 11.8 Å². The Bertz CT molecular complexity index is 938. The third-order valence-corrected chi connectivity index (χ3v) is 5.93. The zero-order valence-corrected chi connectivity index (χ0v) is 17.0. The van der Waals surface area contributed by atoms with Crippen molar-refractivity contribution in [3.05, 3.63) is 65.2 Å². The molecule has 0 radical (unpaired) electrons. The fourth-order valence-electron chi connectivity index (χ4n) is 4.26. The van der Waals surface area contributed by atoms with Gasteiger partial charge in [0, 0.05) is 31.4 Å². The summed E-state index contributed by atoms with van der Waals surface area (Å²) in [6, 6.07) is 17.3. The second-order valence-corrected chi connectivity index (χ2v) is 7.97. The number of nitrogens with one attached hydrogen (secondary N) is 1. The number of rotatable bonds is 7. The van der Waals surface area contributed by atoms with Crippen LogP contribution in [0.5, 0.6) is 0 Å². The SMILES string of the molecule is N#Cc1cccc(NC2CCN(CCCCN3C(=O)c4ccccc4C3=O)CC2)c1. The second-order valence-electron chi connectivity index (χ2n) is 7.97. The molecular formula is C24H26N4O2. The van der Waals surface area contributed by atoms with Gasteiger partial charge in [0.1, 0.15) is 0 Å². The van der Waals surface area contributed by atoms with Crippen molar-refractivity contribution in [2.24, 2.45) is 0 Å². The second kappa shape index (κ2) is 9.10. The predicted molar refractivity (Wildman–Crippen MR) is 115 cm³/mol. The number of unbranched alkanes of at least 4 members (excludes halogenated alkanes) is 1. The standard InChI is InChI=1S/C24H26N4O2/c25-17-18-6-5-7-20(16-18)26-19-10-14-27(15-11-19)12-3-4-13-28-23(29)21-8-1-2-9-22(21)24(28)30/h1-2,5-9,16,19,26H,3-4,10-15H2. The first-order valence-corrected chi connectivity index (χ1v) is 10.6. The number of benzene rings is 2. The molecule has 154 valence electrons. The third-order valence-electron chi connectivity index (χ3n) is 5.93. The van der Waals surface area contributed by atoms with Crippen LogP contribution in [0, 0.1) is 11.3 Å². The predicted octanol–water partition coefficient (Wildman–Crippen LogP) is 3.51. The first-order valence-electron chi connectivity index (χ1n) is 10.6. The number of amides is 2. The number of anilines is 1. The summed E-state index contributed by atoms with van der Waals surface area (Å²) in [5.41, 5.74) is 2.73. The molecule has 4 rings (SSSR count). The van der Waals surface area contributed by atoms with Crippen LogP contribution in [0.15, 0.2) is 48.5 Å². The van der Waals surface area contributed by atoms with Crippen molar-refractivity contribution in [2.75, 3.05) is 31.5 Å². The highest BCUT2D eigenvalue weighted by Gasteiger charge is 2.34. The molecule has 0 atom stereocenters. The van der Waals surface area contributed by atoms with Crippen molar-refractivity contribution < 1.29 is 9.59 Å². The van der Waals surface area contributed by atoms with E-state index in [4.69, 9.17) is 5.26 Å². The highest BCUT2D eigenvalue weighted by molar-refractivity contribution is 6.21. The molecule has 0 bridgehead atoms. The zero-order chi connectivity index (χ0) is 20.9. The molecule has 2 heterocycles. The lowest BCUT2D eigenvalue weighted by molar-refractivity contribution is 0.0650. The summed E-state index contributed by atoms with van der Waals surface area (Å²) in [4.78, 5) is 28.6. The molecule has 0 spiro atoms. The number of hydrogen-bond donors (Lipinski definition) is 1. The first-order chi connectivity index (χ1) is 14.7. The van der Waals surface area contributed by atoms with Crippen LogP contribution in [0.2, 0.25) is 0 Å². The van der Waals surface area contributed by atoms with Crippen molar-refractivity contribution in [2.45, 2.75) is 31.7 Å². The van der Waals surface area contributed by atoms with E-state index in [0.29, 0.717) is 29.3 Å². The Labute approximate surface area is 177 Å². The third kappa shape index (κ3) is 4.37. The minimum atomic E-state index is -0.164. The van der Waals surface area contributed by atoms with E-state index >= 15 is 0 Å². The van der Waals surface area contributed by atoms with E-state index in [1.165, 1.54) is 4.90 Å². The summed E-state index contributed by atoms with van der Waals surface area (Å²) in [7, 11) is 0. The average molecular weight is 402 g/mol. The molecule has 2 aliphatic heterocycles. The molecule has 0 aliphatic carbocycles. The van der Waals surface area contributed by atoms with Gasteiger partial charge in [0.15, 0.2) is 0 Å².